The summed E-state index contributed by atoms with van der Waals surface area (Å²) in [5, 5.41) is 14.6. The number of aromatic nitrogens is 2. The molecule has 4 N–H and O–H groups in total. The SMILES string of the molecule is CCC(CC)(NC(=O)c1cncn1C)C(N)=NO. The number of amidine groups is 1. The van der Waals surface area contributed by atoms with Gasteiger partial charge in [-0.2, -0.15) is 0 Å². The lowest BCUT2D eigenvalue weighted by atomic mass is 9.91. The van der Waals surface area contributed by atoms with Gasteiger partial charge in [0.15, 0.2) is 5.84 Å². The number of hydrogen-bond acceptors (Lipinski definition) is 4. The van der Waals surface area contributed by atoms with E-state index in [1.807, 2.05) is 13.8 Å². The van der Waals surface area contributed by atoms with Crippen molar-refractivity contribution >= 4 is 11.7 Å². The molecule has 0 bridgehead atoms. The van der Waals surface area contributed by atoms with E-state index in [2.05, 4.69) is 15.5 Å². The second kappa shape index (κ2) is 5.52. The molecule has 1 amide bonds. The number of imidazole rings is 1. The van der Waals surface area contributed by atoms with Crippen LogP contribution in [0.3, 0.4) is 0 Å². The van der Waals surface area contributed by atoms with Crippen LogP contribution in [-0.2, 0) is 7.05 Å². The predicted molar refractivity (Wildman–Crippen MR) is 67.4 cm³/mol. The highest BCUT2D eigenvalue weighted by molar-refractivity contribution is 5.99. The summed E-state index contributed by atoms with van der Waals surface area (Å²) in [5.41, 5.74) is 5.26. The van der Waals surface area contributed by atoms with E-state index in [4.69, 9.17) is 10.9 Å². The van der Waals surface area contributed by atoms with Gasteiger partial charge in [-0.25, -0.2) is 4.98 Å². The molecule has 1 rings (SSSR count). The molecule has 0 aliphatic heterocycles. The van der Waals surface area contributed by atoms with E-state index < -0.39 is 5.54 Å². The minimum Gasteiger partial charge on any atom is -0.409 e. The fourth-order valence-electron chi connectivity index (χ4n) is 1.81. The summed E-state index contributed by atoms with van der Waals surface area (Å²) in [6.45, 7) is 3.73. The Balaban J connectivity index is 2.99. The van der Waals surface area contributed by atoms with Crippen molar-refractivity contribution in [3.05, 3.63) is 18.2 Å². The first-order valence-electron chi connectivity index (χ1n) is 5.77. The summed E-state index contributed by atoms with van der Waals surface area (Å²) >= 11 is 0. The van der Waals surface area contributed by atoms with Crippen LogP contribution >= 0.6 is 0 Å². The number of rotatable bonds is 5. The lowest BCUT2D eigenvalue weighted by Gasteiger charge is -2.31. The summed E-state index contributed by atoms with van der Waals surface area (Å²) in [7, 11) is 1.73. The first-order chi connectivity index (χ1) is 8.50. The summed E-state index contributed by atoms with van der Waals surface area (Å²) < 4.78 is 1.61. The molecule has 0 saturated heterocycles. The van der Waals surface area contributed by atoms with E-state index in [1.54, 1.807) is 11.6 Å². The Kier molecular flexibility index (Phi) is 4.30. The fraction of sp³-hybridized carbons (Fsp3) is 0.545. The van der Waals surface area contributed by atoms with Gasteiger partial charge in [0.1, 0.15) is 11.2 Å². The number of carbonyl (C=O) groups is 1. The molecule has 1 aromatic heterocycles. The van der Waals surface area contributed by atoms with Gasteiger partial charge in [-0.1, -0.05) is 19.0 Å². The minimum absolute atomic E-state index is 0.00279. The summed E-state index contributed by atoms with van der Waals surface area (Å²) in [6, 6.07) is 0. The molecule has 1 aromatic rings. The van der Waals surface area contributed by atoms with Crippen LogP contribution in [0.25, 0.3) is 0 Å². The second-order valence-corrected chi connectivity index (χ2v) is 4.12. The van der Waals surface area contributed by atoms with Crippen molar-refractivity contribution in [3.8, 4) is 0 Å². The third kappa shape index (κ3) is 2.44. The Morgan fingerprint density at radius 3 is 2.61 bits per heavy atom. The largest absolute Gasteiger partial charge is 0.409 e. The Hall–Kier alpha value is -2.05. The molecule has 0 saturated carbocycles. The van der Waals surface area contributed by atoms with Gasteiger partial charge in [0.05, 0.1) is 12.5 Å². The number of nitrogens with two attached hydrogens (primary N) is 1. The highest BCUT2D eigenvalue weighted by Crippen LogP contribution is 2.16. The molecule has 0 radical (unpaired) electrons. The van der Waals surface area contributed by atoms with Gasteiger partial charge in [-0.3, -0.25) is 4.79 Å². The molecular weight excluding hydrogens is 234 g/mol. The predicted octanol–water partition coefficient (Wildman–Crippen LogP) is 0.455. The van der Waals surface area contributed by atoms with Crippen molar-refractivity contribution in [2.24, 2.45) is 17.9 Å². The van der Waals surface area contributed by atoms with Crippen molar-refractivity contribution in [1.82, 2.24) is 14.9 Å². The van der Waals surface area contributed by atoms with Crippen LogP contribution in [0, 0.1) is 0 Å². The molecule has 0 spiro atoms. The maximum atomic E-state index is 12.1. The molecule has 0 unspecified atom stereocenters. The average Bonchev–Trinajstić information content (AvgIpc) is 2.81. The Morgan fingerprint density at radius 1 is 1.61 bits per heavy atom. The van der Waals surface area contributed by atoms with E-state index in [1.165, 1.54) is 12.5 Å². The normalized spacial score (nSPS) is 12.5. The Bertz CT molecular complexity index is 448. The zero-order chi connectivity index (χ0) is 13.8. The summed E-state index contributed by atoms with van der Waals surface area (Å²) in [4.78, 5) is 16.0. The molecule has 1 heterocycles. The van der Waals surface area contributed by atoms with Crippen molar-refractivity contribution in [2.75, 3.05) is 0 Å². The minimum atomic E-state index is -0.837. The van der Waals surface area contributed by atoms with Crippen molar-refractivity contribution < 1.29 is 10.0 Å². The highest BCUT2D eigenvalue weighted by Gasteiger charge is 2.34. The number of amides is 1. The standard InChI is InChI=1S/C11H19N5O2/c1-4-11(5-2,10(12)15-18)14-9(17)8-6-13-7-16(8)3/h6-7,18H,4-5H2,1-3H3,(H2,12,15)(H,14,17). The van der Waals surface area contributed by atoms with Gasteiger partial charge in [0.25, 0.3) is 5.91 Å². The zero-order valence-electron chi connectivity index (χ0n) is 10.8. The molecule has 100 valence electrons. The van der Waals surface area contributed by atoms with E-state index in [9.17, 15) is 4.79 Å². The lowest BCUT2D eigenvalue weighted by molar-refractivity contribution is 0.0909. The molecule has 0 aromatic carbocycles. The van der Waals surface area contributed by atoms with Crippen LogP contribution in [0.2, 0.25) is 0 Å². The van der Waals surface area contributed by atoms with E-state index in [-0.39, 0.29) is 11.7 Å². The number of nitrogens with zero attached hydrogens (tertiary/aromatic N) is 3. The maximum absolute atomic E-state index is 12.1. The Labute approximate surface area is 106 Å². The van der Waals surface area contributed by atoms with Crippen LogP contribution in [0.4, 0.5) is 0 Å². The molecule has 0 atom stereocenters. The van der Waals surface area contributed by atoms with Gasteiger partial charge in [-0.15, -0.1) is 0 Å². The molecule has 7 heteroatoms. The zero-order valence-corrected chi connectivity index (χ0v) is 10.8. The monoisotopic (exact) mass is 253 g/mol. The number of carbonyl (C=O) groups excluding carboxylic acids is 1. The van der Waals surface area contributed by atoms with Gasteiger partial charge in [0.2, 0.25) is 0 Å². The maximum Gasteiger partial charge on any atom is 0.270 e. The van der Waals surface area contributed by atoms with E-state index in [0.29, 0.717) is 18.5 Å². The summed E-state index contributed by atoms with van der Waals surface area (Å²) in [6.07, 6.45) is 4.07. The third-order valence-corrected chi connectivity index (χ3v) is 3.21. The van der Waals surface area contributed by atoms with Gasteiger partial charge < -0.3 is 20.8 Å². The van der Waals surface area contributed by atoms with Crippen molar-refractivity contribution in [2.45, 2.75) is 32.2 Å². The van der Waals surface area contributed by atoms with Crippen LogP contribution < -0.4 is 11.1 Å². The number of oxime groups is 1. The van der Waals surface area contributed by atoms with Crippen molar-refractivity contribution in [3.63, 3.8) is 0 Å². The van der Waals surface area contributed by atoms with Crippen LogP contribution in [-0.4, -0.2) is 32.0 Å². The second-order valence-electron chi connectivity index (χ2n) is 4.12. The molecular formula is C11H19N5O2. The third-order valence-electron chi connectivity index (χ3n) is 3.21. The lowest BCUT2D eigenvalue weighted by Crippen LogP contribution is -2.57. The fourth-order valence-corrected chi connectivity index (χ4v) is 1.81. The van der Waals surface area contributed by atoms with E-state index in [0.717, 1.165) is 0 Å². The van der Waals surface area contributed by atoms with Crippen LogP contribution in [0.5, 0.6) is 0 Å². The first kappa shape index (κ1) is 14.0. The Morgan fingerprint density at radius 2 is 2.22 bits per heavy atom. The first-order valence-corrected chi connectivity index (χ1v) is 5.77. The summed E-state index contributed by atoms with van der Waals surface area (Å²) in [5.74, 6) is -0.298. The average molecular weight is 253 g/mol. The molecule has 0 fully saturated rings. The molecule has 0 aliphatic rings. The molecule has 18 heavy (non-hydrogen) atoms. The number of hydrogen-bond donors (Lipinski definition) is 3. The van der Waals surface area contributed by atoms with Crippen LogP contribution in [0.1, 0.15) is 37.2 Å². The number of aryl methyl sites for hydroxylation is 1. The van der Waals surface area contributed by atoms with Crippen LogP contribution in [0.15, 0.2) is 17.7 Å². The van der Waals surface area contributed by atoms with E-state index >= 15 is 0 Å². The molecule has 0 aliphatic carbocycles. The smallest absolute Gasteiger partial charge is 0.270 e. The van der Waals surface area contributed by atoms with Gasteiger partial charge in [-0.05, 0) is 12.8 Å². The quantitative estimate of drug-likeness (QED) is 0.306. The van der Waals surface area contributed by atoms with Crippen molar-refractivity contribution in [1.29, 1.82) is 0 Å². The number of nitrogens with one attached hydrogen (secondary N) is 1. The van der Waals surface area contributed by atoms with Gasteiger partial charge >= 0.3 is 0 Å². The van der Waals surface area contributed by atoms with Gasteiger partial charge in [0, 0.05) is 7.05 Å². The highest BCUT2D eigenvalue weighted by atomic mass is 16.4. The topological polar surface area (TPSA) is 106 Å². The molecule has 7 nitrogen and oxygen atoms in total.